The largest absolute Gasteiger partial charge is 0.546 e. The van der Waals surface area contributed by atoms with Crippen LogP contribution in [-0.4, -0.2) is 16.6 Å². The first-order valence-electron chi connectivity index (χ1n) is 4.87. The average molecular weight is 265 g/mol. The molecule has 0 aromatic heterocycles. The minimum atomic E-state index is -1.62. The van der Waals surface area contributed by atoms with Gasteiger partial charge in [-0.1, -0.05) is 13.8 Å². The molecule has 2 unspecified atom stereocenters. The van der Waals surface area contributed by atoms with Crippen molar-refractivity contribution < 1.29 is 14.6 Å². The molecule has 4 nitrogen and oxygen atoms in total. The molecule has 0 amide bonds. The summed E-state index contributed by atoms with van der Waals surface area (Å²) in [5, 5.41) is 18.9. The van der Waals surface area contributed by atoms with E-state index in [0.717, 1.165) is 0 Å². The average Bonchev–Trinajstić information content (AvgIpc) is 2.51. The highest BCUT2D eigenvalue weighted by molar-refractivity contribution is 6.51. The summed E-state index contributed by atoms with van der Waals surface area (Å²) in [6, 6.07) is 1.93. The Morgan fingerprint density at radius 2 is 2.12 bits per heavy atom. The molecule has 90 valence electrons. The lowest BCUT2D eigenvalue weighted by molar-refractivity contribution is -0.288. The molecular formula is C10H12Cl2NO3-. The van der Waals surface area contributed by atoms with Crippen LogP contribution < -0.4 is 5.11 Å². The quantitative estimate of drug-likeness (QED) is 0.574. The lowest BCUT2D eigenvalue weighted by Crippen LogP contribution is -2.31. The fraction of sp³-hybridized carbons (Fsp3) is 0.800. The minimum absolute atomic E-state index is 0.189. The molecule has 0 heterocycles. The maximum atomic E-state index is 10.4. The van der Waals surface area contributed by atoms with E-state index in [1.807, 2.05) is 19.9 Å². The summed E-state index contributed by atoms with van der Waals surface area (Å²) in [5.41, 5.74) is -0.425. The standard InChI is InChI=1S/C10H13Cl2NO3/c1-9(2)7(10(9,11)12)6(4-3-5-13)16-8(14)15/h6-7H,3-4H2,1-2H3,(H,14,15)/p-1. The topological polar surface area (TPSA) is 73.1 Å². The second-order valence-corrected chi connectivity index (χ2v) is 5.81. The third-order valence-corrected chi connectivity index (χ3v) is 4.55. The molecule has 0 saturated heterocycles. The minimum Gasteiger partial charge on any atom is -0.546 e. The Kier molecular flexibility index (Phi) is 3.61. The molecule has 1 aliphatic carbocycles. The Morgan fingerprint density at radius 3 is 2.44 bits per heavy atom. The first kappa shape index (κ1) is 13.4. The van der Waals surface area contributed by atoms with Gasteiger partial charge in [-0.05, 0) is 6.42 Å². The molecule has 6 heteroatoms. The van der Waals surface area contributed by atoms with Crippen LogP contribution in [-0.2, 0) is 4.74 Å². The van der Waals surface area contributed by atoms with Gasteiger partial charge in [0.25, 0.3) is 6.16 Å². The van der Waals surface area contributed by atoms with E-state index in [2.05, 4.69) is 4.74 Å². The summed E-state index contributed by atoms with van der Waals surface area (Å²) in [7, 11) is 0. The number of carbonyl (C=O) groups is 1. The van der Waals surface area contributed by atoms with Crippen molar-refractivity contribution in [1.29, 1.82) is 5.26 Å². The van der Waals surface area contributed by atoms with Crippen LogP contribution >= 0.6 is 23.2 Å². The van der Waals surface area contributed by atoms with Gasteiger partial charge >= 0.3 is 0 Å². The first-order valence-corrected chi connectivity index (χ1v) is 5.63. The number of halogens is 2. The van der Waals surface area contributed by atoms with Crippen LogP contribution in [0.25, 0.3) is 0 Å². The zero-order chi connectivity index (χ0) is 12.6. The number of hydrogen-bond donors (Lipinski definition) is 0. The Morgan fingerprint density at radius 1 is 1.62 bits per heavy atom. The van der Waals surface area contributed by atoms with E-state index in [4.69, 9.17) is 28.5 Å². The number of nitrogens with zero attached hydrogens (tertiary/aromatic N) is 1. The van der Waals surface area contributed by atoms with Crippen LogP contribution in [0, 0.1) is 22.7 Å². The van der Waals surface area contributed by atoms with Gasteiger partial charge in [-0.2, -0.15) is 5.26 Å². The number of ether oxygens (including phenoxy) is 1. The molecular weight excluding hydrogens is 253 g/mol. The fourth-order valence-electron chi connectivity index (χ4n) is 2.02. The summed E-state index contributed by atoms with van der Waals surface area (Å²) in [5.74, 6) is -0.311. The summed E-state index contributed by atoms with van der Waals surface area (Å²) in [6.45, 7) is 3.66. The third-order valence-electron chi connectivity index (χ3n) is 3.10. The number of carbonyl (C=O) groups excluding carboxylic acids is 1. The zero-order valence-electron chi connectivity index (χ0n) is 9.00. The van der Waals surface area contributed by atoms with Crippen molar-refractivity contribution in [2.24, 2.45) is 11.3 Å². The maximum absolute atomic E-state index is 10.4. The van der Waals surface area contributed by atoms with Crippen LogP contribution in [0.15, 0.2) is 0 Å². The van der Waals surface area contributed by atoms with Crippen LogP contribution in [0.5, 0.6) is 0 Å². The molecule has 0 N–H and O–H groups in total. The molecule has 2 atom stereocenters. The van der Waals surface area contributed by atoms with Gasteiger partial charge in [-0.3, -0.25) is 0 Å². The van der Waals surface area contributed by atoms with Gasteiger partial charge in [0.2, 0.25) is 0 Å². The molecule has 0 aromatic carbocycles. The lowest BCUT2D eigenvalue weighted by atomic mass is 10.0. The highest BCUT2D eigenvalue weighted by atomic mass is 35.5. The Labute approximate surface area is 104 Å². The van der Waals surface area contributed by atoms with Gasteiger partial charge in [-0.15, -0.1) is 23.2 Å². The fourth-order valence-corrected chi connectivity index (χ4v) is 2.97. The monoisotopic (exact) mass is 264 g/mol. The molecule has 0 aromatic rings. The van der Waals surface area contributed by atoms with E-state index < -0.39 is 22.0 Å². The number of rotatable bonds is 4. The van der Waals surface area contributed by atoms with Crippen LogP contribution in [0.4, 0.5) is 4.79 Å². The lowest BCUT2D eigenvalue weighted by Gasteiger charge is -2.22. The Hall–Kier alpha value is -0.660. The number of nitriles is 1. The van der Waals surface area contributed by atoms with Crippen molar-refractivity contribution in [2.75, 3.05) is 0 Å². The van der Waals surface area contributed by atoms with E-state index in [0.29, 0.717) is 0 Å². The van der Waals surface area contributed by atoms with Crippen molar-refractivity contribution >= 4 is 29.4 Å². The molecule has 1 rings (SSSR count). The van der Waals surface area contributed by atoms with Crippen molar-refractivity contribution in [3.8, 4) is 6.07 Å². The van der Waals surface area contributed by atoms with Crippen LogP contribution in [0.1, 0.15) is 26.7 Å². The van der Waals surface area contributed by atoms with Gasteiger partial charge in [0.15, 0.2) is 0 Å². The normalized spacial score (nSPS) is 26.6. The summed E-state index contributed by atoms with van der Waals surface area (Å²) < 4.78 is 3.62. The molecule has 0 bridgehead atoms. The summed E-state index contributed by atoms with van der Waals surface area (Å²) in [4.78, 5) is 10.4. The number of alkyl halides is 2. The highest BCUT2D eigenvalue weighted by Gasteiger charge is 2.72. The zero-order valence-corrected chi connectivity index (χ0v) is 10.5. The molecule has 1 aliphatic rings. The molecule has 0 aliphatic heterocycles. The molecule has 0 spiro atoms. The van der Waals surface area contributed by atoms with Crippen molar-refractivity contribution in [1.82, 2.24) is 0 Å². The number of hydrogen-bond acceptors (Lipinski definition) is 4. The van der Waals surface area contributed by atoms with Gasteiger partial charge in [0.1, 0.15) is 4.33 Å². The molecule has 1 saturated carbocycles. The second-order valence-electron chi connectivity index (χ2n) is 4.43. The predicted molar refractivity (Wildman–Crippen MR) is 56.8 cm³/mol. The third kappa shape index (κ3) is 2.21. The van der Waals surface area contributed by atoms with E-state index in [1.54, 1.807) is 0 Å². The summed E-state index contributed by atoms with van der Waals surface area (Å²) >= 11 is 12.1. The number of carboxylic acid groups (broad SMARTS) is 1. The van der Waals surface area contributed by atoms with Crippen molar-refractivity contribution in [3.63, 3.8) is 0 Å². The van der Waals surface area contributed by atoms with E-state index >= 15 is 0 Å². The van der Waals surface area contributed by atoms with Gasteiger partial charge < -0.3 is 14.6 Å². The Bertz CT molecular complexity index is 321. The smallest absolute Gasteiger partial charge is 0.252 e. The van der Waals surface area contributed by atoms with E-state index in [9.17, 15) is 9.90 Å². The van der Waals surface area contributed by atoms with Crippen molar-refractivity contribution in [3.05, 3.63) is 0 Å². The van der Waals surface area contributed by atoms with Gasteiger partial charge in [0.05, 0.1) is 6.07 Å². The first-order chi connectivity index (χ1) is 7.25. The summed E-state index contributed by atoms with van der Waals surface area (Å²) in [6.07, 6.45) is -1.84. The SMILES string of the molecule is CC1(C)C(C(CCC#N)OC(=O)[O-])C1(Cl)Cl. The predicted octanol–water partition coefficient (Wildman–Crippen LogP) is 1.85. The molecule has 1 fully saturated rings. The Balaban J connectivity index is 2.72. The molecule has 0 radical (unpaired) electrons. The van der Waals surface area contributed by atoms with Crippen LogP contribution in [0.2, 0.25) is 0 Å². The second kappa shape index (κ2) is 4.31. The highest BCUT2D eigenvalue weighted by Crippen LogP contribution is 2.70. The van der Waals surface area contributed by atoms with E-state index in [1.165, 1.54) is 0 Å². The molecule has 16 heavy (non-hydrogen) atoms. The van der Waals surface area contributed by atoms with Gasteiger partial charge in [-0.25, -0.2) is 0 Å². The van der Waals surface area contributed by atoms with Crippen LogP contribution in [0.3, 0.4) is 0 Å². The van der Waals surface area contributed by atoms with E-state index in [-0.39, 0.29) is 18.8 Å². The van der Waals surface area contributed by atoms with Crippen molar-refractivity contribution in [2.45, 2.75) is 37.1 Å². The maximum Gasteiger partial charge on any atom is 0.252 e. The van der Waals surface area contributed by atoms with Gasteiger partial charge in [0, 0.05) is 23.9 Å².